The Hall–Kier alpha value is -3.87. The first-order valence-corrected chi connectivity index (χ1v) is 10.1. The van der Waals surface area contributed by atoms with E-state index in [0.29, 0.717) is 18.9 Å². The quantitative estimate of drug-likeness (QED) is 0.193. The lowest BCUT2D eigenvalue weighted by Crippen LogP contribution is -2.05. The highest BCUT2D eigenvalue weighted by molar-refractivity contribution is 5.80. The van der Waals surface area contributed by atoms with Gasteiger partial charge in [-0.3, -0.25) is 15.5 Å². The van der Waals surface area contributed by atoms with Crippen LogP contribution in [0.2, 0.25) is 0 Å². The minimum absolute atomic E-state index is 0.0438. The highest BCUT2D eigenvalue weighted by atomic mass is 16.6. The van der Waals surface area contributed by atoms with Crippen LogP contribution in [0.25, 0.3) is 0 Å². The van der Waals surface area contributed by atoms with Crippen molar-refractivity contribution in [1.29, 1.82) is 0 Å². The summed E-state index contributed by atoms with van der Waals surface area (Å²) in [5.74, 6) is 1.66. The summed E-state index contributed by atoms with van der Waals surface area (Å²) in [5, 5.41) is 14.8. The number of aryl methyl sites for hydroxylation is 1. The summed E-state index contributed by atoms with van der Waals surface area (Å²) in [6, 6.07) is 21.8. The Labute approximate surface area is 181 Å². The van der Waals surface area contributed by atoms with Gasteiger partial charge in [-0.1, -0.05) is 19.1 Å². The number of non-ortho nitro benzene ring substituents is 1. The molecule has 0 spiro atoms. The third-order valence-electron chi connectivity index (χ3n) is 4.52. The monoisotopic (exact) mass is 419 g/mol. The molecular weight excluding hydrogens is 394 g/mol. The molecule has 160 valence electrons. The van der Waals surface area contributed by atoms with Crippen LogP contribution in [0.3, 0.4) is 0 Å². The third kappa shape index (κ3) is 7.15. The number of ether oxygens (including phenoxy) is 2. The van der Waals surface area contributed by atoms with E-state index in [0.717, 1.165) is 29.9 Å². The molecule has 3 rings (SSSR count). The van der Waals surface area contributed by atoms with Gasteiger partial charge >= 0.3 is 0 Å². The highest BCUT2D eigenvalue weighted by Crippen LogP contribution is 2.16. The molecule has 0 saturated carbocycles. The lowest BCUT2D eigenvalue weighted by atomic mass is 10.2. The van der Waals surface area contributed by atoms with Crippen LogP contribution < -0.4 is 14.9 Å². The number of hydrazone groups is 1. The van der Waals surface area contributed by atoms with Crippen molar-refractivity contribution in [3.63, 3.8) is 0 Å². The van der Waals surface area contributed by atoms with Crippen LogP contribution in [0.4, 0.5) is 11.4 Å². The molecule has 7 nitrogen and oxygen atoms in total. The molecule has 3 aromatic rings. The molecule has 0 saturated heterocycles. The van der Waals surface area contributed by atoms with E-state index in [1.165, 1.54) is 17.7 Å². The van der Waals surface area contributed by atoms with Gasteiger partial charge in [0.25, 0.3) is 5.69 Å². The number of hydrogen-bond acceptors (Lipinski definition) is 6. The van der Waals surface area contributed by atoms with Crippen molar-refractivity contribution in [2.24, 2.45) is 5.10 Å². The number of benzene rings is 3. The molecule has 0 aromatic heterocycles. The van der Waals surface area contributed by atoms with Gasteiger partial charge in [0.1, 0.15) is 11.5 Å². The summed E-state index contributed by atoms with van der Waals surface area (Å²) >= 11 is 0. The van der Waals surface area contributed by atoms with Crippen molar-refractivity contribution in [2.45, 2.75) is 19.8 Å². The van der Waals surface area contributed by atoms with Crippen molar-refractivity contribution in [2.75, 3.05) is 18.6 Å². The molecule has 0 bridgehead atoms. The molecule has 3 aromatic carbocycles. The molecule has 0 atom stereocenters. The number of rotatable bonds is 11. The van der Waals surface area contributed by atoms with E-state index in [9.17, 15) is 10.1 Å². The minimum atomic E-state index is -0.436. The first-order valence-electron chi connectivity index (χ1n) is 10.1. The van der Waals surface area contributed by atoms with Crippen LogP contribution in [-0.2, 0) is 6.42 Å². The molecule has 7 heteroatoms. The van der Waals surface area contributed by atoms with E-state index in [1.54, 1.807) is 18.3 Å². The average Bonchev–Trinajstić information content (AvgIpc) is 2.80. The number of nitrogens with one attached hydrogen (secondary N) is 1. The molecule has 0 fully saturated rings. The Morgan fingerprint density at radius 2 is 1.48 bits per heavy atom. The lowest BCUT2D eigenvalue weighted by molar-refractivity contribution is -0.384. The molecule has 31 heavy (non-hydrogen) atoms. The molecule has 0 heterocycles. The normalized spacial score (nSPS) is 10.7. The Balaban J connectivity index is 1.36. The largest absolute Gasteiger partial charge is 0.493 e. The van der Waals surface area contributed by atoms with E-state index in [-0.39, 0.29) is 5.69 Å². The summed E-state index contributed by atoms with van der Waals surface area (Å²) < 4.78 is 11.5. The van der Waals surface area contributed by atoms with Crippen molar-refractivity contribution >= 4 is 17.6 Å². The van der Waals surface area contributed by atoms with Gasteiger partial charge in [-0.25, -0.2) is 0 Å². The van der Waals surface area contributed by atoms with Gasteiger partial charge in [-0.05, 0) is 66.1 Å². The smallest absolute Gasteiger partial charge is 0.269 e. The third-order valence-corrected chi connectivity index (χ3v) is 4.52. The molecule has 0 aliphatic heterocycles. The fourth-order valence-corrected chi connectivity index (χ4v) is 2.75. The molecule has 0 unspecified atom stereocenters. The number of nitro benzene ring substituents is 1. The maximum Gasteiger partial charge on any atom is 0.269 e. The lowest BCUT2D eigenvalue weighted by Gasteiger charge is -2.08. The zero-order valence-electron chi connectivity index (χ0n) is 17.4. The van der Waals surface area contributed by atoms with Gasteiger partial charge in [-0.2, -0.15) is 5.10 Å². The van der Waals surface area contributed by atoms with Crippen molar-refractivity contribution in [3.8, 4) is 11.5 Å². The summed E-state index contributed by atoms with van der Waals surface area (Å²) in [6.45, 7) is 3.30. The number of nitrogens with zero attached hydrogens (tertiary/aromatic N) is 2. The first kappa shape index (κ1) is 21.8. The van der Waals surface area contributed by atoms with Crippen LogP contribution in [0.1, 0.15) is 24.5 Å². The zero-order chi connectivity index (χ0) is 21.9. The predicted molar refractivity (Wildman–Crippen MR) is 122 cm³/mol. The van der Waals surface area contributed by atoms with Gasteiger partial charge in [0.2, 0.25) is 0 Å². The van der Waals surface area contributed by atoms with Crippen molar-refractivity contribution < 1.29 is 14.4 Å². The fourth-order valence-electron chi connectivity index (χ4n) is 2.75. The van der Waals surface area contributed by atoms with E-state index < -0.39 is 4.92 Å². The molecule has 0 amide bonds. The number of hydrogen-bond donors (Lipinski definition) is 1. The Bertz CT molecular complexity index is 985. The van der Waals surface area contributed by atoms with Crippen molar-refractivity contribution in [3.05, 3.63) is 94.0 Å². The molecule has 0 aliphatic rings. The van der Waals surface area contributed by atoms with Gasteiger partial charge in [0.15, 0.2) is 0 Å². The summed E-state index contributed by atoms with van der Waals surface area (Å²) in [6.07, 6.45) is 3.48. The maximum atomic E-state index is 10.7. The highest BCUT2D eigenvalue weighted by Gasteiger charge is 2.03. The second-order valence-electron chi connectivity index (χ2n) is 6.79. The van der Waals surface area contributed by atoms with Gasteiger partial charge < -0.3 is 9.47 Å². The summed E-state index contributed by atoms with van der Waals surface area (Å²) in [4.78, 5) is 10.2. The van der Waals surface area contributed by atoms with Gasteiger partial charge in [-0.15, -0.1) is 0 Å². The summed E-state index contributed by atoms with van der Waals surface area (Å²) in [5.41, 5.74) is 5.76. The van der Waals surface area contributed by atoms with Gasteiger partial charge in [0, 0.05) is 18.6 Å². The topological polar surface area (TPSA) is 86.0 Å². The first-order chi connectivity index (χ1) is 15.1. The minimum Gasteiger partial charge on any atom is -0.493 e. The second kappa shape index (κ2) is 11.3. The second-order valence-corrected chi connectivity index (χ2v) is 6.79. The Kier molecular flexibility index (Phi) is 7.99. The maximum absolute atomic E-state index is 10.7. The Morgan fingerprint density at radius 1 is 0.903 bits per heavy atom. The van der Waals surface area contributed by atoms with Crippen LogP contribution in [-0.4, -0.2) is 24.4 Å². The van der Waals surface area contributed by atoms with E-state index in [1.807, 2.05) is 36.4 Å². The molecular formula is C24H25N3O4. The number of anilines is 1. The van der Waals surface area contributed by atoms with Crippen LogP contribution in [0.15, 0.2) is 77.9 Å². The molecule has 0 radical (unpaired) electrons. The standard InChI is InChI=1S/C24H25N3O4/c1-2-19-4-12-23(13-5-19)30-16-3-17-31-24-14-6-20(7-15-24)18-25-26-21-8-10-22(11-9-21)27(28)29/h4-15,18,26H,2-3,16-17H2,1H3/b25-18+. The van der Waals surface area contributed by atoms with Crippen LogP contribution in [0.5, 0.6) is 11.5 Å². The predicted octanol–water partition coefficient (Wildman–Crippen LogP) is 5.45. The summed E-state index contributed by atoms with van der Waals surface area (Å²) in [7, 11) is 0. The van der Waals surface area contributed by atoms with Crippen LogP contribution in [0, 0.1) is 10.1 Å². The van der Waals surface area contributed by atoms with Crippen LogP contribution >= 0.6 is 0 Å². The Morgan fingerprint density at radius 3 is 2.03 bits per heavy atom. The van der Waals surface area contributed by atoms with Gasteiger partial charge in [0.05, 0.1) is 30.0 Å². The van der Waals surface area contributed by atoms with Crippen molar-refractivity contribution in [1.82, 2.24) is 0 Å². The fraction of sp³-hybridized carbons (Fsp3) is 0.208. The molecule has 1 N–H and O–H groups in total. The SMILES string of the molecule is CCc1ccc(OCCCOc2ccc(/C=N/Nc3ccc([N+](=O)[O-])cc3)cc2)cc1. The van der Waals surface area contributed by atoms with E-state index >= 15 is 0 Å². The zero-order valence-corrected chi connectivity index (χ0v) is 17.4. The van der Waals surface area contributed by atoms with E-state index in [2.05, 4.69) is 29.6 Å². The average molecular weight is 419 g/mol. The van der Waals surface area contributed by atoms with E-state index in [4.69, 9.17) is 9.47 Å². The number of nitro groups is 1. The molecule has 0 aliphatic carbocycles.